The second kappa shape index (κ2) is 9.32. The van der Waals surface area contributed by atoms with E-state index in [1.54, 1.807) is 0 Å². The highest BCUT2D eigenvalue weighted by Crippen LogP contribution is 2.51. The molecule has 2 aromatic carbocycles. The number of piperidine rings is 1. The van der Waals surface area contributed by atoms with Crippen molar-refractivity contribution in [2.75, 3.05) is 33.2 Å². The molecule has 3 unspecified atom stereocenters. The minimum Gasteiger partial charge on any atom is -0.450 e. The molecule has 1 aliphatic heterocycles. The van der Waals surface area contributed by atoms with Crippen LogP contribution in [0.4, 0.5) is 0 Å². The van der Waals surface area contributed by atoms with Crippen LogP contribution in [-0.4, -0.2) is 55.0 Å². The largest absolute Gasteiger partial charge is 0.450 e. The number of hydrogen-bond donors (Lipinski definition) is 0. The maximum atomic E-state index is 13.3. The molecule has 1 fully saturated rings. The highest BCUT2D eigenvalue weighted by molar-refractivity contribution is 5.89. The van der Waals surface area contributed by atoms with Gasteiger partial charge in [0, 0.05) is 31.0 Å². The number of carbonyl (C=O) groups excluding carboxylic acids is 1. The van der Waals surface area contributed by atoms with E-state index in [4.69, 9.17) is 4.74 Å². The van der Waals surface area contributed by atoms with E-state index in [0.717, 1.165) is 38.2 Å². The Kier molecular flexibility index (Phi) is 6.99. The van der Waals surface area contributed by atoms with Gasteiger partial charge in [-0.25, -0.2) is 4.79 Å². The lowest BCUT2D eigenvalue weighted by atomic mass is 9.63. The third kappa shape index (κ3) is 4.30. The SMILES string of the molecule is CCN(CC)CC1(C)CN(C)C(C)CC1(OC(=O)c1ccccc1)c1ccccc1. The van der Waals surface area contributed by atoms with Gasteiger partial charge in [-0.2, -0.15) is 0 Å². The topological polar surface area (TPSA) is 32.8 Å². The van der Waals surface area contributed by atoms with Crippen molar-refractivity contribution in [3.05, 3.63) is 71.8 Å². The molecule has 0 aromatic heterocycles. The Balaban J connectivity index is 2.12. The van der Waals surface area contributed by atoms with Gasteiger partial charge in [-0.05, 0) is 44.8 Å². The van der Waals surface area contributed by atoms with Gasteiger partial charge in [0.1, 0.15) is 5.60 Å². The first-order valence-electron chi connectivity index (χ1n) is 11.1. The Bertz CT molecular complexity index is 821. The van der Waals surface area contributed by atoms with E-state index in [1.165, 1.54) is 0 Å². The fraction of sp³-hybridized carbons (Fsp3) is 0.500. The summed E-state index contributed by atoms with van der Waals surface area (Å²) in [5.74, 6) is -0.248. The van der Waals surface area contributed by atoms with Crippen LogP contribution in [-0.2, 0) is 10.3 Å². The molecular weight excluding hydrogens is 372 g/mol. The molecule has 162 valence electrons. The van der Waals surface area contributed by atoms with Gasteiger partial charge in [0.2, 0.25) is 0 Å². The van der Waals surface area contributed by atoms with Crippen LogP contribution in [0.25, 0.3) is 0 Å². The molecule has 0 aliphatic carbocycles. The lowest BCUT2D eigenvalue weighted by molar-refractivity contribution is -0.159. The van der Waals surface area contributed by atoms with Gasteiger partial charge in [0.15, 0.2) is 0 Å². The summed E-state index contributed by atoms with van der Waals surface area (Å²) in [6.07, 6.45) is 0.768. The van der Waals surface area contributed by atoms with Crippen LogP contribution in [0.1, 0.15) is 50.0 Å². The van der Waals surface area contributed by atoms with Crippen molar-refractivity contribution in [2.24, 2.45) is 5.41 Å². The van der Waals surface area contributed by atoms with Gasteiger partial charge in [-0.15, -0.1) is 0 Å². The lowest BCUT2D eigenvalue weighted by Gasteiger charge is -2.56. The Labute approximate surface area is 181 Å². The van der Waals surface area contributed by atoms with Crippen LogP contribution in [0.2, 0.25) is 0 Å². The van der Waals surface area contributed by atoms with Gasteiger partial charge in [-0.1, -0.05) is 69.3 Å². The zero-order valence-corrected chi connectivity index (χ0v) is 19.1. The average molecular weight is 409 g/mol. The molecular formula is C26H36N2O2. The number of benzene rings is 2. The first-order chi connectivity index (χ1) is 14.3. The Morgan fingerprint density at radius 1 is 1.07 bits per heavy atom. The van der Waals surface area contributed by atoms with Gasteiger partial charge in [-0.3, -0.25) is 0 Å². The zero-order chi connectivity index (χ0) is 21.8. The Morgan fingerprint density at radius 3 is 2.20 bits per heavy atom. The zero-order valence-electron chi connectivity index (χ0n) is 19.1. The Hall–Kier alpha value is -2.17. The molecule has 3 rings (SSSR count). The van der Waals surface area contributed by atoms with Crippen molar-refractivity contribution in [3.8, 4) is 0 Å². The third-order valence-corrected chi connectivity index (χ3v) is 6.89. The highest BCUT2D eigenvalue weighted by atomic mass is 16.6. The van der Waals surface area contributed by atoms with E-state index < -0.39 is 5.60 Å². The van der Waals surface area contributed by atoms with E-state index in [0.29, 0.717) is 11.6 Å². The number of carbonyl (C=O) groups is 1. The molecule has 1 aliphatic rings. The number of nitrogens with zero attached hydrogens (tertiary/aromatic N) is 2. The van der Waals surface area contributed by atoms with Crippen molar-refractivity contribution in [3.63, 3.8) is 0 Å². The molecule has 1 saturated heterocycles. The molecule has 0 amide bonds. The number of likely N-dealkylation sites (tertiary alicyclic amines) is 1. The average Bonchev–Trinajstić information content (AvgIpc) is 2.77. The quantitative estimate of drug-likeness (QED) is 0.616. The number of esters is 1. The molecule has 0 spiro atoms. The minimum atomic E-state index is -0.699. The van der Waals surface area contributed by atoms with Gasteiger partial charge < -0.3 is 14.5 Å². The second-order valence-corrected chi connectivity index (χ2v) is 8.94. The van der Waals surface area contributed by atoms with Crippen LogP contribution in [0.15, 0.2) is 60.7 Å². The number of hydrogen-bond acceptors (Lipinski definition) is 4. The van der Waals surface area contributed by atoms with Crippen molar-refractivity contribution in [2.45, 2.75) is 45.8 Å². The summed E-state index contributed by atoms with van der Waals surface area (Å²) in [5.41, 5.74) is 0.732. The summed E-state index contributed by atoms with van der Waals surface area (Å²) in [7, 11) is 2.18. The summed E-state index contributed by atoms with van der Waals surface area (Å²) in [4.78, 5) is 18.2. The minimum absolute atomic E-state index is 0.248. The molecule has 0 bridgehead atoms. The fourth-order valence-electron chi connectivity index (χ4n) is 4.96. The van der Waals surface area contributed by atoms with Crippen molar-refractivity contribution < 1.29 is 9.53 Å². The molecule has 0 radical (unpaired) electrons. The molecule has 30 heavy (non-hydrogen) atoms. The van der Waals surface area contributed by atoms with Crippen LogP contribution in [0.3, 0.4) is 0 Å². The maximum Gasteiger partial charge on any atom is 0.339 e. The smallest absolute Gasteiger partial charge is 0.339 e. The first-order valence-corrected chi connectivity index (χ1v) is 11.1. The van der Waals surface area contributed by atoms with Crippen LogP contribution in [0, 0.1) is 5.41 Å². The summed E-state index contributed by atoms with van der Waals surface area (Å²) >= 11 is 0. The first kappa shape index (κ1) is 22.5. The van der Waals surface area contributed by atoms with Gasteiger partial charge in [0.05, 0.1) is 5.56 Å². The molecule has 4 nitrogen and oxygen atoms in total. The van der Waals surface area contributed by atoms with Crippen molar-refractivity contribution in [1.82, 2.24) is 9.80 Å². The lowest BCUT2D eigenvalue weighted by Crippen LogP contribution is -2.63. The second-order valence-electron chi connectivity index (χ2n) is 8.94. The summed E-state index contributed by atoms with van der Waals surface area (Å²) in [6, 6.07) is 20.0. The predicted octanol–water partition coefficient (Wildman–Crippen LogP) is 4.81. The van der Waals surface area contributed by atoms with E-state index in [9.17, 15) is 4.79 Å². The van der Waals surface area contributed by atoms with E-state index in [-0.39, 0.29) is 11.4 Å². The predicted molar refractivity (Wildman–Crippen MR) is 123 cm³/mol. The highest BCUT2D eigenvalue weighted by Gasteiger charge is 2.57. The third-order valence-electron chi connectivity index (χ3n) is 6.89. The van der Waals surface area contributed by atoms with Gasteiger partial charge >= 0.3 is 5.97 Å². The molecule has 1 heterocycles. The van der Waals surface area contributed by atoms with E-state index in [1.807, 2.05) is 48.5 Å². The maximum absolute atomic E-state index is 13.3. The van der Waals surface area contributed by atoms with Crippen molar-refractivity contribution >= 4 is 5.97 Å². The molecule has 2 aromatic rings. The fourth-order valence-corrected chi connectivity index (χ4v) is 4.96. The molecule has 0 N–H and O–H groups in total. The van der Waals surface area contributed by atoms with Crippen LogP contribution < -0.4 is 0 Å². The van der Waals surface area contributed by atoms with E-state index in [2.05, 4.69) is 56.7 Å². The summed E-state index contributed by atoms with van der Waals surface area (Å²) in [6.45, 7) is 12.6. The number of rotatable bonds is 7. The summed E-state index contributed by atoms with van der Waals surface area (Å²) in [5, 5.41) is 0. The van der Waals surface area contributed by atoms with Crippen molar-refractivity contribution in [1.29, 1.82) is 0 Å². The Morgan fingerprint density at radius 2 is 1.63 bits per heavy atom. The van der Waals surface area contributed by atoms with Crippen LogP contribution in [0.5, 0.6) is 0 Å². The molecule has 0 saturated carbocycles. The standard InChI is InChI=1S/C26H36N2O2/c1-6-28(7-2)20-25(4)19-27(5)21(3)18-26(25,23-16-12-9-13-17-23)30-24(29)22-14-10-8-11-15-22/h8-17,21H,6-7,18-20H2,1-5H3. The van der Waals surface area contributed by atoms with E-state index >= 15 is 0 Å². The van der Waals surface area contributed by atoms with Gasteiger partial charge in [0.25, 0.3) is 0 Å². The molecule has 4 heteroatoms. The summed E-state index contributed by atoms with van der Waals surface area (Å²) < 4.78 is 6.58. The van der Waals surface area contributed by atoms with Crippen LogP contribution >= 0.6 is 0 Å². The normalized spacial score (nSPS) is 27.2. The molecule has 3 atom stereocenters. The monoisotopic (exact) mass is 408 g/mol. The number of ether oxygens (including phenoxy) is 1.